The fraction of sp³-hybridized carbons (Fsp3) is 0.0667. The molecule has 1 N–H and O–H groups in total. The van der Waals surface area contributed by atoms with Crippen LogP contribution in [0.5, 0.6) is 0 Å². The molecule has 0 aliphatic carbocycles. The first kappa shape index (κ1) is 18.1. The van der Waals surface area contributed by atoms with E-state index in [0.717, 1.165) is 18.0 Å². The molecule has 3 rings (SSSR count). The number of para-hydroxylation sites is 1. The summed E-state index contributed by atoms with van der Waals surface area (Å²) >= 11 is 2.02. The molecule has 2 heterocycles. The smallest absolute Gasteiger partial charge is 0.294 e. The van der Waals surface area contributed by atoms with Crippen molar-refractivity contribution in [3.63, 3.8) is 0 Å². The first-order chi connectivity index (χ1) is 12.3. The molecule has 6 nitrogen and oxygen atoms in total. The van der Waals surface area contributed by atoms with Crippen molar-refractivity contribution in [1.82, 2.24) is 9.97 Å². The first-order valence-electron chi connectivity index (χ1n) is 7.01. The van der Waals surface area contributed by atoms with E-state index in [0.29, 0.717) is 4.88 Å². The molecule has 0 radical (unpaired) electrons. The Labute approximate surface area is 153 Å². The minimum Gasteiger partial charge on any atom is -0.294 e. The summed E-state index contributed by atoms with van der Waals surface area (Å²) in [6.45, 7) is 0. The van der Waals surface area contributed by atoms with E-state index in [9.17, 15) is 23.3 Å². The molecule has 0 aliphatic heterocycles. The van der Waals surface area contributed by atoms with Crippen LogP contribution in [0, 0.1) is 10.1 Å². The van der Waals surface area contributed by atoms with Crippen LogP contribution in [0.3, 0.4) is 0 Å². The molecule has 0 saturated heterocycles. The van der Waals surface area contributed by atoms with Gasteiger partial charge in [-0.1, -0.05) is 18.2 Å². The normalized spacial score (nSPS) is 11.3. The van der Waals surface area contributed by atoms with Gasteiger partial charge in [0.05, 0.1) is 15.5 Å². The van der Waals surface area contributed by atoms with Gasteiger partial charge in [-0.15, -0.1) is 11.3 Å². The van der Waals surface area contributed by atoms with E-state index in [2.05, 4.69) is 14.7 Å². The zero-order valence-corrected chi connectivity index (χ0v) is 14.4. The number of benzene rings is 1. The Morgan fingerprint density at radius 1 is 1.15 bits per heavy atom. The molecule has 0 atom stereocenters. The van der Waals surface area contributed by atoms with Crippen molar-refractivity contribution >= 4 is 34.9 Å². The molecule has 134 valence electrons. The average molecular weight is 398 g/mol. The second-order valence-electron chi connectivity index (χ2n) is 4.87. The minimum atomic E-state index is -4.64. The number of rotatable bonds is 5. The van der Waals surface area contributed by atoms with Crippen molar-refractivity contribution in [2.24, 2.45) is 0 Å². The van der Waals surface area contributed by atoms with Crippen LogP contribution < -0.4 is 4.72 Å². The Balaban J connectivity index is 1.93. The number of nitro benzene ring substituents is 1. The van der Waals surface area contributed by atoms with Gasteiger partial charge in [0.1, 0.15) is 4.90 Å². The molecule has 0 saturated carbocycles. The Bertz CT molecular complexity index is 933. The summed E-state index contributed by atoms with van der Waals surface area (Å²) in [6.07, 6.45) is -4.64. The summed E-state index contributed by atoms with van der Waals surface area (Å²) < 4.78 is 41.9. The van der Waals surface area contributed by atoms with Gasteiger partial charge >= 0.3 is 6.18 Å². The summed E-state index contributed by atoms with van der Waals surface area (Å²) in [5.74, 6) is -0.286. The number of nitro groups is 1. The van der Waals surface area contributed by atoms with Gasteiger partial charge in [-0.2, -0.15) is 13.2 Å². The second-order valence-corrected chi connectivity index (χ2v) is 6.66. The third-order valence-corrected chi connectivity index (χ3v) is 4.85. The third-order valence-electron chi connectivity index (χ3n) is 3.10. The minimum absolute atomic E-state index is 0.119. The third kappa shape index (κ3) is 4.11. The van der Waals surface area contributed by atoms with Crippen molar-refractivity contribution in [3.05, 3.63) is 63.7 Å². The molecular formula is C15H9F3N4O2S2. The zero-order chi connectivity index (χ0) is 18.7. The maximum Gasteiger partial charge on any atom is 0.433 e. The number of aromatic nitrogens is 2. The molecule has 0 fully saturated rings. The van der Waals surface area contributed by atoms with E-state index < -0.39 is 16.8 Å². The summed E-state index contributed by atoms with van der Waals surface area (Å²) in [5.41, 5.74) is -1.15. The number of anilines is 1. The van der Waals surface area contributed by atoms with Crippen LogP contribution in [-0.2, 0) is 6.18 Å². The number of thiophene rings is 1. The number of alkyl halides is 3. The predicted octanol–water partition coefficient (Wildman–Crippen LogP) is 5.25. The SMILES string of the molecule is O=[N+]([O-])c1ccccc1SNc1nc(-c2cccs2)cc(C(F)(F)F)n1. The van der Waals surface area contributed by atoms with E-state index in [-0.39, 0.29) is 22.2 Å². The Kier molecular flexibility index (Phi) is 5.09. The van der Waals surface area contributed by atoms with E-state index in [4.69, 9.17) is 0 Å². The highest BCUT2D eigenvalue weighted by Crippen LogP contribution is 2.34. The van der Waals surface area contributed by atoms with Crippen molar-refractivity contribution < 1.29 is 18.1 Å². The molecule has 26 heavy (non-hydrogen) atoms. The Hall–Kier alpha value is -2.66. The average Bonchev–Trinajstić information content (AvgIpc) is 3.14. The summed E-state index contributed by atoms with van der Waals surface area (Å²) in [5, 5.41) is 12.7. The van der Waals surface area contributed by atoms with E-state index in [1.807, 2.05) is 0 Å². The molecule has 0 spiro atoms. The standard InChI is InChI=1S/C15H9F3N4O2S2/c16-15(17,18)13-8-9(11-6-3-7-25-11)19-14(20-13)21-26-12-5-2-1-4-10(12)22(23)24/h1-8H,(H,19,20,21). The highest BCUT2D eigenvalue weighted by atomic mass is 32.2. The van der Waals surface area contributed by atoms with E-state index >= 15 is 0 Å². The van der Waals surface area contributed by atoms with Crippen LogP contribution in [0.2, 0.25) is 0 Å². The van der Waals surface area contributed by atoms with Crippen molar-refractivity contribution in [2.45, 2.75) is 11.1 Å². The number of nitrogens with one attached hydrogen (secondary N) is 1. The highest BCUT2D eigenvalue weighted by Gasteiger charge is 2.34. The van der Waals surface area contributed by atoms with Crippen LogP contribution in [0.15, 0.2) is 52.7 Å². The molecular weight excluding hydrogens is 389 g/mol. The maximum absolute atomic E-state index is 13.1. The van der Waals surface area contributed by atoms with Crippen LogP contribution in [0.1, 0.15) is 5.69 Å². The van der Waals surface area contributed by atoms with Crippen molar-refractivity contribution in [3.8, 4) is 10.6 Å². The maximum atomic E-state index is 13.1. The fourth-order valence-electron chi connectivity index (χ4n) is 1.98. The lowest BCUT2D eigenvalue weighted by Gasteiger charge is -2.10. The largest absolute Gasteiger partial charge is 0.433 e. The van der Waals surface area contributed by atoms with E-state index in [1.54, 1.807) is 23.6 Å². The van der Waals surface area contributed by atoms with Gasteiger partial charge in [-0.05, 0) is 35.5 Å². The summed E-state index contributed by atoms with van der Waals surface area (Å²) in [4.78, 5) is 18.8. The van der Waals surface area contributed by atoms with Gasteiger partial charge < -0.3 is 0 Å². The topological polar surface area (TPSA) is 81.0 Å². The molecule has 3 aromatic rings. The number of hydrogen-bond donors (Lipinski definition) is 1. The molecule has 0 unspecified atom stereocenters. The van der Waals surface area contributed by atoms with Gasteiger partial charge in [-0.25, -0.2) is 9.97 Å². The molecule has 0 amide bonds. The first-order valence-corrected chi connectivity index (χ1v) is 8.70. The van der Waals surface area contributed by atoms with E-state index in [1.165, 1.54) is 29.5 Å². The van der Waals surface area contributed by atoms with Gasteiger partial charge in [0.25, 0.3) is 5.69 Å². The second kappa shape index (κ2) is 7.30. The monoisotopic (exact) mass is 398 g/mol. The highest BCUT2D eigenvalue weighted by molar-refractivity contribution is 8.00. The molecule has 11 heteroatoms. The van der Waals surface area contributed by atoms with Crippen LogP contribution >= 0.6 is 23.3 Å². The van der Waals surface area contributed by atoms with Crippen molar-refractivity contribution in [2.75, 3.05) is 4.72 Å². The van der Waals surface area contributed by atoms with Crippen LogP contribution in [0.25, 0.3) is 10.6 Å². The number of nitrogens with zero attached hydrogens (tertiary/aromatic N) is 3. The molecule has 2 aromatic heterocycles. The van der Waals surface area contributed by atoms with Gasteiger partial charge in [-0.3, -0.25) is 14.8 Å². The van der Waals surface area contributed by atoms with Gasteiger partial charge in [0.15, 0.2) is 5.69 Å². The quantitative estimate of drug-likeness (QED) is 0.359. The zero-order valence-electron chi connectivity index (χ0n) is 12.7. The van der Waals surface area contributed by atoms with Gasteiger partial charge in [0.2, 0.25) is 5.95 Å². The number of hydrogen-bond acceptors (Lipinski definition) is 7. The molecule has 0 bridgehead atoms. The summed E-state index contributed by atoms with van der Waals surface area (Å²) in [7, 11) is 0. The Morgan fingerprint density at radius 2 is 1.92 bits per heavy atom. The Morgan fingerprint density at radius 3 is 2.58 bits per heavy atom. The van der Waals surface area contributed by atoms with Crippen molar-refractivity contribution in [1.29, 1.82) is 0 Å². The number of halogens is 3. The molecule has 1 aromatic carbocycles. The van der Waals surface area contributed by atoms with Crippen LogP contribution in [0.4, 0.5) is 24.8 Å². The lowest BCUT2D eigenvalue weighted by molar-refractivity contribution is -0.387. The summed E-state index contributed by atoms with van der Waals surface area (Å²) in [6, 6.07) is 10.1. The van der Waals surface area contributed by atoms with Crippen LogP contribution in [-0.4, -0.2) is 14.9 Å². The lowest BCUT2D eigenvalue weighted by Crippen LogP contribution is -2.10. The van der Waals surface area contributed by atoms with Gasteiger partial charge in [0, 0.05) is 6.07 Å². The lowest BCUT2D eigenvalue weighted by atomic mass is 10.3. The molecule has 0 aliphatic rings. The predicted molar refractivity (Wildman–Crippen MR) is 92.9 cm³/mol. The fourth-order valence-corrected chi connectivity index (χ4v) is 3.36.